The smallest absolute Gasteiger partial charge is 0.230 e. The molecule has 30 heavy (non-hydrogen) atoms. The van der Waals surface area contributed by atoms with E-state index in [4.69, 9.17) is 11.6 Å². The molecule has 0 unspecified atom stereocenters. The van der Waals surface area contributed by atoms with Gasteiger partial charge in [-0.3, -0.25) is 9.69 Å². The summed E-state index contributed by atoms with van der Waals surface area (Å²) in [6.07, 6.45) is 5.39. The molecule has 1 amide bonds. The largest absolute Gasteiger partial charge is 0.326 e. The van der Waals surface area contributed by atoms with Crippen LogP contribution in [0, 0.1) is 18.7 Å². The van der Waals surface area contributed by atoms with E-state index in [0.717, 1.165) is 32.2 Å². The van der Waals surface area contributed by atoms with E-state index in [1.165, 1.54) is 6.42 Å². The quantitative estimate of drug-likeness (QED) is 0.632. The summed E-state index contributed by atoms with van der Waals surface area (Å²) in [6.45, 7) is 5.52. The fraction of sp³-hybridized carbons (Fsp3) is 0.480. The number of halogens is 2. The minimum Gasteiger partial charge on any atom is -0.326 e. The van der Waals surface area contributed by atoms with Crippen LogP contribution in [0.15, 0.2) is 42.5 Å². The molecule has 3 nitrogen and oxygen atoms in total. The number of carbonyl (C=O) groups excluding carboxylic acids is 1. The molecule has 0 radical (unpaired) electrons. The third-order valence-corrected chi connectivity index (χ3v) is 7.36. The predicted molar refractivity (Wildman–Crippen MR) is 121 cm³/mol. The second kappa shape index (κ2) is 8.68. The van der Waals surface area contributed by atoms with Crippen LogP contribution in [0.3, 0.4) is 0 Å². The highest BCUT2D eigenvalue weighted by Gasteiger charge is 2.56. The van der Waals surface area contributed by atoms with Crippen LogP contribution in [-0.2, 0) is 4.79 Å². The second-order valence-corrected chi connectivity index (χ2v) is 9.20. The molecule has 1 N–H and O–H groups in total. The van der Waals surface area contributed by atoms with E-state index < -0.39 is 0 Å². The number of nitrogens with one attached hydrogen (secondary N) is 1. The Balaban J connectivity index is 1.76. The highest BCUT2D eigenvalue weighted by Crippen LogP contribution is 2.52. The number of amides is 1. The van der Waals surface area contributed by atoms with Gasteiger partial charge in [0.1, 0.15) is 5.82 Å². The summed E-state index contributed by atoms with van der Waals surface area (Å²) in [5.74, 6) is -0.664. The van der Waals surface area contributed by atoms with E-state index in [-0.39, 0.29) is 29.1 Å². The van der Waals surface area contributed by atoms with Crippen molar-refractivity contribution in [3.05, 3.63) is 64.4 Å². The molecule has 2 atom stereocenters. The molecule has 1 aliphatic heterocycles. The lowest BCUT2D eigenvalue weighted by molar-refractivity contribution is -0.124. The number of rotatable bonds is 4. The van der Waals surface area contributed by atoms with E-state index in [0.29, 0.717) is 28.4 Å². The van der Waals surface area contributed by atoms with Gasteiger partial charge in [-0.05, 0) is 55.6 Å². The van der Waals surface area contributed by atoms with Crippen molar-refractivity contribution in [2.24, 2.45) is 5.92 Å². The molecule has 1 heterocycles. The maximum absolute atomic E-state index is 15.2. The van der Waals surface area contributed by atoms with Gasteiger partial charge in [-0.15, -0.1) is 0 Å². The van der Waals surface area contributed by atoms with Crippen molar-refractivity contribution in [2.45, 2.75) is 57.4 Å². The summed E-state index contributed by atoms with van der Waals surface area (Å²) in [4.78, 5) is 16.2. The van der Waals surface area contributed by atoms with Crippen molar-refractivity contribution < 1.29 is 9.18 Å². The molecule has 2 aromatic carbocycles. The fourth-order valence-electron chi connectivity index (χ4n) is 5.78. The zero-order chi connectivity index (χ0) is 21.3. The normalized spacial score (nSPS) is 23.6. The Hall–Kier alpha value is -1.91. The van der Waals surface area contributed by atoms with Crippen LogP contribution in [0.4, 0.5) is 10.1 Å². The Morgan fingerprint density at radius 2 is 1.93 bits per heavy atom. The fourth-order valence-corrected chi connectivity index (χ4v) is 5.97. The average Bonchev–Trinajstić information content (AvgIpc) is 3.03. The number of benzene rings is 2. The molecular formula is C25H30ClFN2O. The minimum absolute atomic E-state index is 0.0268. The van der Waals surface area contributed by atoms with E-state index in [9.17, 15) is 4.79 Å². The summed E-state index contributed by atoms with van der Waals surface area (Å²) in [5, 5.41) is 3.69. The third kappa shape index (κ3) is 3.76. The third-order valence-electron chi connectivity index (χ3n) is 7.13. The van der Waals surface area contributed by atoms with Gasteiger partial charge >= 0.3 is 0 Å². The maximum Gasteiger partial charge on any atom is 0.230 e. The number of likely N-dealkylation sites (N-methyl/N-ethyl adjacent to an activating group) is 1. The SMILES string of the molecule is CCN1C[C@H](c2cccc(C)c2F)[C@H](C(=O)Nc2cccc(Cl)c2)C12CCCCC2. The number of aryl methyl sites for hydroxylation is 1. The summed E-state index contributed by atoms with van der Waals surface area (Å²) in [6, 6.07) is 12.8. The molecule has 1 aliphatic carbocycles. The summed E-state index contributed by atoms with van der Waals surface area (Å²) >= 11 is 6.13. The van der Waals surface area contributed by atoms with Gasteiger partial charge < -0.3 is 5.32 Å². The molecule has 1 spiro atoms. The number of hydrogen-bond donors (Lipinski definition) is 1. The number of anilines is 1. The Kier molecular flexibility index (Phi) is 6.17. The first-order valence-electron chi connectivity index (χ1n) is 11.0. The number of carbonyl (C=O) groups is 1. The number of hydrogen-bond acceptors (Lipinski definition) is 2. The van der Waals surface area contributed by atoms with E-state index in [1.54, 1.807) is 25.1 Å². The predicted octanol–water partition coefficient (Wildman–Crippen LogP) is 6.16. The highest BCUT2D eigenvalue weighted by atomic mass is 35.5. The Morgan fingerprint density at radius 3 is 2.63 bits per heavy atom. The molecule has 0 aromatic heterocycles. The van der Waals surface area contributed by atoms with Crippen LogP contribution in [-0.4, -0.2) is 29.4 Å². The molecular weight excluding hydrogens is 399 g/mol. The zero-order valence-electron chi connectivity index (χ0n) is 17.8. The standard InChI is InChI=1S/C25H30ClFN2O/c1-3-29-16-21(20-12-7-9-17(2)23(20)27)22(25(29)13-5-4-6-14-25)24(30)28-19-11-8-10-18(26)15-19/h7-12,15,21-22H,3-6,13-14,16H2,1-2H3,(H,28,30)/t21-,22-/m1/s1. The van der Waals surface area contributed by atoms with Crippen LogP contribution in [0.2, 0.25) is 5.02 Å². The van der Waals surface area contributed by atoms with Crippen LogP contribution < -0.4 is 5.32 Å². The van der Waals surface area contributed by atoms with E-state index >= 15 is 4.39 Å². The molecule has 2 aromatic rings. The van der Waals surface area contributed by atoms with Crippen LogP contribution >= 0.6 is 11.6 Å². The summed E-state index contributed by atoms with van der Waals surface area (Å²) < 4.78 is 15.2. The lowest BCUT2D eigenvalue weighted by Crippen LogP contribution is -2.52. The van der Waals surface area contributed by atoms with Gasteiger partial charge in [0.2, 0.25) is 5.91 Å². The first kappa shape index (κ1) is 21.3. The Morgan fingerprint density at radius 1 is 1.20 bits per heavy atom. The monoisotopic (exact) mass is 428 g/mol. The molecule has 2 aliphatic rings. The van der Waals surface area contributed by atoms with Gasteiger partial charge in [0, 0.05) is 28.7 Å². The van der Waals surface area contributed by atoms with Crippen molar-refractivity contribution in [3.63, 3.8) is 0 Å². The van der Waals surface area contributed by atoms with E-state index in [1.807, 2.05) is 24.3 Å². The van der Waals surface area contributed by atoms with Crippen molar-refractivity contribution in [1.29, 1.82) is 0 Å². The van der Waals surface area contributed by atoms with Crippen LogP contribution in [0.1, 0.15) is 56.1 Å². The topological polar surface area (TPSA) is 32.3 Å². The minimum atomic E-state index is -0.298. The summed E-state index contributed by atoms with van der Waals surface area (Å²) in [7, 11) is 0. The first-order valence-corrected chi connectivity index (χ1v) is 11.4. The van der Waals surface area contributed by atoms with Crippen molar-refractivity contribution in [1.82, 2.24) is 4.90 Å². The van der Waals surface area contributed by atoms with Crippen molar-refractivity contribution in [2.75, 3.05) is 18.4 Å². The zero-order valence-corrected chi connectivity index (χ0v) is 18.5. The van der Waals surface area contributed by atoms with Gasteiger partial charge in [0.15, 0.2) is 0 Å². The maximum atomic E-state index is 15.2. The lowest BCUT2D eigenvalue weighted by atomic mass is 9.69. The lowest BCUT2D eigenvalue weighted by Gasteiger charge is -2.45. The molecule has 5 heteroatoms. The molecule has 1 saturated carbocycles. The van der Waals surface area contributed by atoms with E-state index in [2.05, 4.69) is 17.1 Å². The number of likely N-dealkylation sites (tertiary alicyclic amines) is 1. The number of nitrogens with zero attached hydrogens (tertiary/aromatic N) is 1. The molecule has 1 saturated heterocycles. The molecule has 2 fully saturated rings. The first-order chi connectivity index (χ1) is 14.5. The van der Waals surface area contributed by atoms with Gasteiger partial charge in [-0.25, -0.2) is 4.39 Å². The van der Waals surface area contributed by atoms with Gasteiger partial charge in [-0.1, -0.05) is 62.1 Å². The Bertz CT molecular complexity index is 925. The van der Waals surface area contributed by atoms with Crippen LogP contribution in [0.5, 0.6) is 0 Å². The molecule has 160 valence electrons. The van der Waals surface area contributed by atoms with Gasteiger partial charge in [-0.2, -0.15) is 0 Å². The van der Waals surface area contributed by atoms with Crippen LogP contribution in [0.25, 0.3) is 0 Å². The molecule has 4 rings (SSSR count). The molecule has 0 bridgehead atoms. The van der Waals surface area contributed by atoms with Crippen molar-refractivity contribution in [3.8, 4) is 0 Å². The highest BCUT2D eigenvalue weighted by molar-refractivity contribution is 6.30. The van der Waals surface area contributed by atoms with Gasteiger partial charge in [0.05, 0.1) is 5.92 Å². The average molecular weight is 429 g/mol. The second-order valence-electron chi connectivity index (χ2n) is 8.76. The van der Waals surface area contributed by atoms with Crippen molar-refractivity contribution >= 4 is 23.2 Å². The Labute approximate surface area is 183 Å². The summed E-state index contributed by atoms with van der Waals surface area (Å²) in [5.41, 5.74) is 1.78. The van der Waals surface area contributed by atoms with Gasteiger partial charge in [0.25, 0.3) is 0 Å².